The number of likely N-dealkylation sites (tertiary alicyclic amines) is 1. The largest absolute Gasteiger partial charge is 0.489 e. The fourth-order valence-electron chi connectivity index (χ4n) is 4.16. The molecule has 3 nitrogen and oxygen atoms in total. The van der Waals surface area contributed by atoms with Crippen LogP contribution in [0.5, 0.6) is 5.75 Å². The highest BCUT2D eigenvalue weighted by molar-refractivity contribution is 5.45. The zero-order chi connectivity index (χ0) is 17.2. The van der Waals surface area contributed by atoms with Gasteiger partial charge in [-0.05, 0) is 61.2 Å². The van der Waals surface area contributed by atoms with Crippen LogP contribution in [0, 0.1) is 5.82 Å². The van der Waals surface area contributed by atoms with Gasteiger partial charge in [-0.25, -0.2) is 4.39 Å². The second kappa shape index (κ2) is 7.14. The lowest BCUT2D eigenvalue weighted by molar-refractivity contribution is 0.106. The molecule has 4 heteroatoms. The molecule has 132 valence electrons. The highest BCUT2D eigenvalue weighted by atomic mass is 19.1. The summed E-state index contributed by atoms with van der Waals surface area (Å²) in [6.07, 6.45) is 3.18. The molecule has 2 aliphatic rings. The molecule has 2 unspecified atom stereocenters. The summed E-state index contributed by atoms with van der Waals surface area (Å²) in [5.74, 6) is 0.458. The van der Waals surface area contributed by atoms with Crippen LogP contribution in [0.15, 0.2) is 42.5 Å². The molecule has 2 N–H and O–H groups in total. The molecule has 25 heavy (non-hydrogen) atoms. The predicted molar refractivity (Wildman–Crippen MR) is 97.5 cm³/mol. The van der Waals surface area contributed by atoms with Gasteiger partial charge in [-0.15, -0.1) is 0 Å². The van der Waals surface area contributed by atoms with E-state index < -0.39 is 0 Å². The number of ether oxygens (including phenoxy) is 1. The minimum absolute atomic E-state index is 0.269. The van der Waals surface area contributed by atoms with Gasteiger partial charge in [0.1, 0.15) is 6.61 Å². The summed E-state index contributed by atoms with van der Waals surface area (Å²) in [4.78, 5) is 2.55. The Hall–Kier alpha value is -1.91. The van der Waals surface area contributed by atoms with Gasteiger partial charge < -0.3 is 10.5 Å². The van der Waals surface area contributed by atoms with E-state index >= 15 is 0 Å². The molecule has 2 aromatic rings. The number of nitrogens with two attached hydrogens (primary N) is 1. The lowest BCUT2D eigenvalue weighted by Crippen LogP contribution is -2.47. The van der Waals surface area contributed by atoms with E-state index in [1.807, 2.05) is 12.1 Å². The molecule has 2 atom stereocenters. The lowest BCUT2D eigenvalue weighted by Gasteiger charge is -2.39. The maximum Gasteiger partial charge on any atom is 0.165 e. The Morgan fingerprint density at radius 2 is 1.96 bits per heavy atom. The normalized spacial score (nSPS) is 22.5. The van der Waals surface area contributed by atoms with Gasteiger partial charge in [-0.3, -0.25) is 4.90 Å². The molecular formula is C21H25FN2O. The molecule has 0 aromatic heterocycles. The van der Waals surface area contributed by atoms with E-state index in [0.717, 1.165) is 31.5 Å². The molecule has 1 fully saturated rings. The molecule has 0 saturated carbocycles. The van der Waals surface area contributed by atoms with E-state index in [1.165, 1.54) is 17.5 Å². The summed E-state index contributed by atoms with van der Waals surface area (Å²) >= 11 is 0. The van der Waals surface area contributed by atoms with Gasteiger partial charge in [0.25, 0.3) is 0 Å². The van der Waals surface area contributed by atoms with Crippen LogP contribution < -0.4 is 10.5 Å². The predicted octanol–water partition coefficient (Wildman–Crippen LogP) is 3.12. The van der Waals surface area contributed by atoms with Crippen molar-refractivity contribution in [1.82, 2.24) is 4.90 Å². The number of fused-ring (bicyclic) bond motifs is 1. The highest BCUT2D eigenvalue weighted by Gasteiger charge is 2.39. The zero-order valence-corrected chi connectivity index (χ0v) is 14.5. The average Bonchev–Trinajstić information content (AvgIpc) is 2.89. The first-order valence-electron chi connectivity index (χ1n) is 9.19. The fourth-order valence-corrected chi connectivity index (χ4v) is 4.16. The molecule has 0 amide bonds. The van der Waals surface area contributed by atoms with Crippen molar-refractivity contribution in [3.05, 3.63) is 65.0 Å². The van der Waals surface area contributed by atoms with Crippen molar-refractivity contribution >= 4 is 0 Å². The third kappa shape index (κ3) is 3.29. The standard InChI is InChI=1S/C21H25FN2O/c22-19-12-16-13-20(24-8-4-9-24)18(11-15-5-2-1-3-6-15)17(16)14-21(19)25-10-7-23/h1-3,5-6,12,14,18,20H,4,7-11,13,23H2. The summed E-state index contributed by atoms with van der Waals surface area (Å²) in [5, 5.41) is 0. The van der Waals surface area contributed by atoms with Crippen LogP contribution in [-0.4, -0.2) is 37.2 Å². The van der Waals surface area contributed by atoms with Gasteiger partial charge in [0, 0.05) is 18.5 Å². The van der Waals surface area contributed by atoms with Crippen molar-refractivity contribution in [3.63, 3.8) is 0 Å². The van der Waals surface area contributed by atoms with Gasteiger partial charge in [-0.1, -0.05) is 30.3 Å². The quantitative estimate of drug-likeness (QED) is 0.878. The number of hydrogen-bond donors (Lipinski definition) is 1. The second-order valence-corrected chi connectivity index (χ2v) is 7.08. The first-order chi connectivity index (χ1) is 12.3. The Kier molecular flexibility index (Phi) is 4.73. The third-order valence-corrected chi connectivity index (χ3v) is 5.52. The second-order valence-electron chi connectivity index (χ2n) is 7.08. The van der Waals surface area contributed by atoms with E-state index in [4.69, 9.17) is 10.5 Å². The van der Waals surface area contributed by atoms with Gasteiger partial charge in [-0.2, -0.15) is 0 Å². The average molecular weight is 340 g/mol. The smallest absolute Gasteiger partial charge is 0.165 e. The molecule has 1 saturated heterocycles. The van der Waals surface area contributed by atoms with Crippen molar-refractivity contribution in [2.75, 3.05) is 26.2 Å². The number of halogens is 1. The first-order valence-corrected chi connectivity index (χ1v) is 9.19. The Bertz CT molecular complexity index is 730. The Morgan fingerprint density at radius 3 is 2.64 bits per heavy atom. The van der Waals surface area contributed by atoms with Crippen molar-refractivity contribution in [3.8, 4) is 5.75 Å². The van der Waals surface area contributed by atoms with E-state index in [0.29, 0.717) is 30.9 Å². The first kappa shape index (κ1) is 16.6. The van der Waals surface area contributed by atoms with Crippen molar-refractivity contribution < 1.29 is 9.13 Å². The van der Waals surface area contributed by atoms with Crippen molar-refractivity contribution in [1.29, 1.82) is 0 Å². The Labute approximate surface area is 148 Å². The van der Waals surface area contributed by atoms with Crippen LogP contribution in [0.4, 0.5) is 4.39 Å². The molecule has 0 spiro atoms. The molecule has 1 aliphatic carbocycles. The topological polar surface area (TPSA) is 38.5 Å². The summed E-state index contributed by atoms with van der Waals surface area (Å²) in [6.45, 7) is 3.04. The third-order valence-electron chi connectivity index (χ3n) is 5.52. The molecule has 0 bridgehead atoms. The Balaban J connectivity index is 1.66. The van der Waals surface area contributed by atoms with Crippen molar-refractivity contribution in [2.24, 2.45) is 5.73 Å². The Morgan fingerprint density at radius 1 is 1.16 bits per heavy atom. The zero-order valence-electron chi connectivity index (χ0n) is 14.5. The maximum atomic E-state index is 14.4. The van der Waals surface area contributed by atoms with Crippen LogP contribution >= 0.6 is 0 Å². The summed E-state index contributed by atoms with van der Waals surface area (Å²) in [7, 11) is 0. The SMILES string of the molecule is NCCOc1cc2c(cc1F)CC(N1CCC1)C2Cc1ccccc1. The van der Waals surface area contributed by atoms with Crippen LogP contribution in [0.25, 0.3) is 0 Å². The van der Waals surface area contributed by atoms with Gasteiger partial charge >= 0.3 is 0 Å². The lowest BCUT2D eigenvalue weighted by atomic mass is 9.89. The van der Waals surface area contributed by atoms with E-state index in [9.17, 15) is 4.39 Å². The molecule has 4 rings (SSSR count). The molecule has 1 aliphatic heterocycles. The molecule has 0 radical (unpaired) electrons. The van der Waals surface area contributed by atoms with Gasteiger partial charge in [0.15, 0.2) is 11.6 Å². The molecule has 2 aromatic carbocycles. The van der Waals surface area contributed by atoms with E-state index in [2.05, 4.69) is 29.2 Å². The minimum Gasteiger partial charge on any atom is -0.489 e. The van der Waals surface area contributed by atoms with Crippen LogP contribution in [0.2, 0.25) is 0 Å². The number of nitrogens with zero attached hydrogens (tertiary/aromatic N) is 1. The van der Waals surface area contributed by atoms with Gasteiger partial charge in [0.2, 0.25) is 0 Å². The number of benzene rings is 2. The minimum atomic E-state index is -0.269. The van der Waals surface area contributed by atoms with E-state index in [-0.39, 0.29) is 5.82 Å². The number of hydrogen-bond acceptors (Lipinski definition) is 3. The molecule has 1 heterocycles. The van der Waals surface area contributed by atoms with Gasteiger partial charge in [0.05, 0.1) is 0 Å². The number of rotatable bonds is 6. The monoisotopic (exact) mass is 340 g/mol. The summed E-state index contributed by atoms with van der Waals surface area (Å²) in [5.41, 5.74) is 9.21. The van der Waals surface area contributed by atoms with Crippen LogP contribution in [0.1, 0.15) is 29.0 Å². The van der Waals surface area contributed by atoms with Crippen LogP contribution in [-0.2, 0) is 12.8 Å². The summed E-state index contributed by atoms with van der Waals surface area (Å²) in [6, 6.07) is 14.7. The van der Waals surface area contributed by atoms with Crippen molar-refractivity contribution in [2.45, 2.75) is 31.2 Å². The molecular weight excluding hydrogens is 315 g/mol. The highest BCUT2D eigenvalue weighted by Crippen LogP contribution is 2.42. The van der Waals surface area contributed by atoms with Crippen LogP contribution in [0.3, 0.4) is 0 Å². The fraction of sp³-hybridized carbons (Fsp3) is 0.429. The summed E-state index contributed by atoms with van der Waals surface area (Å²) < 4.78 is 19.9. The van der Waals surface area contributed by atoms with E-state index in [1.54, 1.807) is 6.07 Å². The maximum absolute atomic E-state index is 14.4.